The van der Waals surface area contributed by atoms with Crippen LogP contribution in [0.2, 0.25) is 0 Å². The van der Waals surface area contributed by atoms with Crippen LogP contribution in [-0.4, -0.2) is 54.9 Å². The van der Waals surface area contributed by atoms with Crippen molar-refractivity contribution in [3.05, 3.63) is 0 Å². The number of aliphatic hydroxyl groups is 1. The number of nitriles is 1. The number of β-amino-alcohol motifs (C(OH)–C–C–N with tert-alkyl or cyclic N) is 1. The Bertz CT molecular complexity index is 450. The second kappa shape index (κ2) is 5.70. The van der Waals surface area contributed by atoms with Gasteiger partial charge in [0.05, 0.1) is 17.6 Å². The Hall–Kier alpha value is -0.770. The number of hydrogen-bond donors (Lipinski definition) is 1. The highest BCUT2D eigenvalue weighted by Crippen LogP contribution is 2.65. The van der Waals surface area contributed by atoms with Gasteiger partial charge >= 0.3 is 0 Å². The van der Waals surface area contributed by atoms with E-state index in [2.05, 4.69) is 11.0 Å². The van der Waals surface area contributed by atoms with Crippen molar-refractivity contribution < 1.29 is 18.6 Å². The monoisotopic (exact) mass is 314 g/mol. The molecule has 1 atom stereocenters. The molecule has 3 fully saturated rings. The zero-order valence-corrected chi connectivity index (χ0v) is 12.9. The third kappa shape index (κ3) is 2.99. The van der Waals surface area contributed by atoms with Crippen LogP contribution in [-0.2, 0) is 4.74 Å². The molecule has 1 unspecified atom stereocenters. The molecule has 2 aliphatic heterocycles. The van der Waals surface area contributed by atoms with Crippen LogP contribution in [0.4, 0.5) is 8.78 Å². The summed E-state index contributed by atoms with van der Waals surface area (Å²) >= 11 is 0. The van der Waals surface area contributed by atoms with Gasteiger partial charge in [-0.05, 0) is 45.2 Å². The Labute approximate surface area is 130 Å². The Morgan fingerprint density at radius 1 is 1.18 bits per heavy atom. The lowest BCUT2D eigenvalue weighted by molar-refractivity contribution is -0.00485. The first-order valence-corrected chi connectivity index (χ1v) is 8.18. The second-order valence-electron chi connectivity index (χ2n) is 7.32. The van der Waals surface area contributed by atoms with Gasteiger partial charge in [-0.15, -0.1) is 0 Å². The molecule has 4 nitrogen and oxygen atoms in total. The summed E-state index contributed by atoms with van der Waals surface area (Å²) in [5, 5.41) is 19.7. The van der Waals surface area contributed by atoms with Crippen LogP contribution in [0.3, 0.4) is 0 Å². The van der Waals surface area contributed by atoms with Gasteiger partial charge in [0, 0.05) is 31.6 Å². The number of aliphatic hydroxyl groups excluding tert-OH is 1. The standard InChI is InChI=1S/C16H24F2N2O2/c17-16(18)11-15(16)1-5-20(6-2-15)10-13(21)9-14(12-19)3-7-22-8-4-14/h13,21H,1-11H2. The first-order valence-electron chi connectivity index (χ1n) is 8.18. The van der Waals surface area contributed by atoms with E-state index in [1.54, 1.807) is 0 Å². The number of rotatable bonds is 4. The van der Waals surface area contributed by atoms with Crippen LogP contribution < -0.4 is 0 Å². The van der Waals surface area contributed by atoms with Crippen LogP contribution in [0.25, 0.3) is 0 Å². The van der Waals surface area contributed by atoms with Crippen molar-refractivity contribution in [1.29, 1.82) is 5.26 Å². The summed E-state index contributed by atoms with van der Waals surface area (Å²) in [6.07, 6.45) is 2.27. The van der Waals surface area contributed by atoms with Gasteiger partial charge in [0.2, 0.25) is 0 Å². The molecule has 1 N–H and O–H groups in total. The highest BCUT2D eigenvalue weighted by molar-refractivity contribution is 5.11. The SMILES string of the molecule is N#CC1(CC(O)CN2CCC3(CC2)CC3(F)F)CCOCC1. The van der Waals surface area contributed by atoms with E-state index in [1.165, 1.54) is 0 Å². The summed E-state index contributed by atoms with van der Waals surface area (Å²) in [5.41, 5.74) is -1.23. The lowest BCUT2D eigenvalue weighted by atomic mass is 9.77. The predicted molar refractivity (Wildman–Crippen MR) is 76.4 cm³/mol. The van der Waals surface area contributed by atoms with E-state index in [9.17, 15) is 19.1 Å². The molecule has 1 aliphatic carbocycles. The van der Waals surface area contributed by atoms with E-state index in [1.807, 2.05) is 0 Å². The van der Waals surface area contributed by atoms with Crippen molar-refractivity contribution in [2.24, 2.45) is 10.8 Å². The number of ether oxygens (including phenoxy) is 1. The zero-order chi connectivity index (χ0) is 15.8. The minimum Gasteiger partial charge on any atom is -0.392 e. The van der Waals surface area contributed by atoms with E-state index in [4.69, 9.17) is 4.74 Å². The fourth-order valence-electron chi connectivity index (χ4n) is 4.02. The van der Waals surface area contributed by atoms with Gasteiger partial charge in [0.15, 0.2) is 0 Å². The molecule has 0 radical (unpaired) electrons. The van der Waals surface area contributed by atoms with Gasteiger partial charge < -0.3 is 14.7 Å². The van der Waals surface area contributed by atoms with Gasteiger partial charge in [0.1, 0.15) is 0 Å². The smallest absolute Gasteiger partial charge is 0.254 e. The Morgan fingerprint density at radius 3 is 2.27 bits per heavy atom. The fourth-order valence-corrected chi connectivity index (χ4v) is 4.02. The Balaban J connectivity index is 1.47. The molecular weight excluding hydrogens is 290 g/mol. The summed E-state index contributed by atoms with van der Waals surface area (Å²) in [6.45, 7) is 2.86. The Kier molecular flexibility index (Phi) is 4.17. The number of piperidine rings is 1. The normalized spacial score (nSPS) is 30.6. The summed E-state index contributed by atoms with van der Waals surface area (Å²) in [5.74, 6) is -2.47. The molecule has 1 spiro atoms. The van der Waals surface area contributed by atoms with Crippen molar-refractivity contribution in [2.75, 3.05) is 32.8 Å². The quantitative estimate of drug-likeness (QED) is 0.864. The van der Waals surface area contributed by atoms with Crippen molar-refractivity contribution in [3.63, 3.8) is 0 Å². The lowest BCUT2D eigenvalue weighted by Gasteiger charge is -2.36. The summed E-state index contributed by atoms with van der Waals surface area (Å²) in [6, 6.07) is 2.36. The van der Waals surface area contributed by atoms with E-state index in [0.29, 0.717) is 65.0 Å². The molecule has 1 saturated carbocycles. The van der Waals surface area contributed by atoms with Crippen LogP contribution in [0.5, 0.6) is 0 Å². The molecule has 3 aliphatic rings. The molecule has 0 aromatic rings. The highest BCUT2D eigenvalue weighted by atomic mass is 19.3. The van der Waals surface area contributed by atoms with Crippen LogP contribution in [0.15, 0.2) is 0 Å². The van der Waals surface area contributed by atoms with Gasteiger partial charge in [-0.2, -0.15) is 5.26 Å². The van der Waals surface area contributed by atoms with Gasteiger partial charge in [-0.1, -0.05) is 0 Å². The average molecular weight is 314 g/mol. The van der Waals surface area contributed by atoms with E-state index < -0.39 is 22.9 Å². The molecule has 22 heavy (non-hydrogen) atoms. The van der Waals surface area contributed by atoms with Crippen molar-refractivity contribution in [2.45, 2.75) is 50.6 Å². The summed E-state index contributed by atoms with van der Waals surface area (Å²) < 4.78 is 32.0. The molecule has 2 saturated heterocycles. The van der Waals surface area contributed by atoms with Crippen LogP contribution in [0.1, 0.15) is 38.5 Å². The fraction of sp³-hybridized carbons (Fsp3) is 0.938. The minimum absolute atomic E-state index is 0.0357. The highest BCUT2D eigenvalue weighted by Gasteiger charge is 2.70. The topological polar surface area (TPSA) is 56.5 Å². The van der Waals surface area contributed by atoms with Crippen molar-refractivity contribution in [3.8, 4) is 6.07 Å². The maximum Gasteiger partial charge on any atom is 0.254 e. The average Bonchev–Trinajstić information content (AvgIpc) is 3.03. The Morgan fingerprint density at radius 2 is 1.77 bits per heavy atom. The number of alkyl halides is 2. The van der Waals surface area contributed by atoms with Crippen molar-refractivity contribution >= 4 is 0 Å². The van der Waals surface area contributed by atoms with Gasteiger partial charge in [-0.3, -0.25) is 0 Å². The van der Waals surface area contributed by atoms with E-state index in [0.717, 1.165) is 0 Å². The third-order valence-corrected chi connectivity index (χ3v) is 5.81. The summed E-state index contributed by atoms with van der Waals surface area (Å²) in [7, 11) is 0. The molecule has 0 aromatic heterocycles. The van der Waals surface area contributed by atoms with E-state index in [-0.39, 0.29) is 6.42 Å². The number of likely N-dealkylation sites (tertiary alicyclic amines) is 1. The molecule has 0 aromatic carbocycles. The molecule has 6 heteroatoms. The van der Waals surface area contributed by atoms with Gasteiger partial charge in [-0.25, -0.2) is 8.78 Å². The minimum atomic E-state index is -2.47. The maximum absolute atomic E-state index is 13.4. The molecule has 0 bridgehead atoms. The molecule has 2 heterocycles. The zero-order valence-electron chi connectivity index (χ0n) is 12.9. The van der Waals surface area contributed by atoms with E-state index >= 15 is 0 Å². The van der Waals surface area contributed by atoms with Crippen LogP contribution >= 0.6 is 0 Å². The molecule has 3 rings (SSSR count). The number of hydrogen-bond acceptors (Lipinski definition) is 4. The van der Waals surface area contributed by atoms with Crippen molar-refractivity contribution in [1.82, 2.24) is 4.90 Å². The van der Waals surface area contributed by atoms with Gasteiger partial charge in [0.25, 0.3) is 5.92 Å². The second-order valence-corrected chi connectivity index (χ2v) is 7.32. The molecule has 124 valence electrons. The first kappa shape index (κ1) is 16.1. The molecule has 0 amide bonds. The maximum atomic E-state index is 13.4. The third-order valence-electron chi connectivity index (χ3n) is 5.81. The predicted octanol–water partition coefficient (Wildman–Crippen LogP) is 2.18. The summed E-state index contributed by atoms with van der Waals surface area (Å²) in [4.78, 5) is 2.06. The van der Waals surface area contributed by atoms with Crippen LogP contribution in [0, 0.1) is 22.2 Å². The number of nitrogens with zero attached hydrogens (tertiary/aromatic N) is 2. The molecular formula is C16H24F2N2O2. The lowest BCUT2D eigenvalue weighted by Crippen LogP contribution is -2.42. The largest absolute Gasteiger partial charge is 0.392 e. The number of halogens is 2. The first-order chi connectivity index (χ1) is 10.4.